The molecule has 6 rings (SSSR count). The number of H-pyrrole nitrogens is 1. The van der Waals surface area contributed by atoms with Crippen LogP contribution in [0.15, 0.2) is 79.8 Å². The van der Waals surface area contributed by atoms with E-state index in [4.69, 9.17) is 17.3 Å². The topological polar surface area (TPSA) is 150 Å². The Labute approximate surface area is 249 Å². The highest BCUT2D eigenvalue weighted by atomic mass is 35.5. The average molecular weight is 625 g/mol. The van der Waals surface area contributed by atoms with Crippen LogP contribution < -0.4 is 10.4 Å². The monoisotopic (exact) mass is 624 g/mol. The fourth-order valence-corrected chi connectivity index (χ4v) is 4.72. The summed E-state index contributed by atoms with van der Waals surface area (Å²) in [6.07, 6.45) is 3.79. The molecule has 0 saturated heterocycles. The molecule has 5 heterocycles. The van der Waals surface area contributed by atoms with Crippen molar-refractivity contribution in [2.24, 2.45) is 5.73 Å². The molecule has 0 unspecified atom stereocenters. The predicted octanol–water partition coefficient (Wildman–Crippen LogP) is 3.80. The van der Waals surface area contributed by atoms with Gasteiger partial charge in [-0.15, -0.1) is 4.68 Å². The first-order valence-corrected chi connectivity index (χ1v) is 13.1. The van der Waals surface area contributed by atoms with Crippen molar-refractivity contribution in [3.63, 3.8) is 0 Å². The highest BCUT2D eigenvalue weighted by Gasteiger charge is 2.32. The zero-order chi connectivity index (χ0) is 31.0. The van der Waals surface area contributed by atoms with E-state index in [0.717, 1.165) is 12.3 Å². The molecule has 0 radical (unpaired) electrons. The Balaban J connectivity index is 1.39. The van der Waals surface area contributed by atoms with Crippen molar-refractivity contribution in [1.82, 2.24) is 45.1 Å². The average Bonchev–Trinajstić information content (AvgIpc) is 3.80. The molecule has 1 amide bonds. The number of carbonyl (C=O) groups is 1. The number of aromatic amines is 1. The number of primary amides is 1. The Morgan fingerprint density at radius 3 is 2.59 bits per heavy atom. The van der Waals surface area contributed by atoms with Crippen molar-refractivity contribution in [2.45, 2.75) is 18.8 Å². The van der Waals surface area contributed by atoms with Crippen molar-refractivity contribution in [1.29, 1.82) is 0 Å². The number of amides is 1. The lowest BCUT2D eigenvalue weighted by Gasteiger charge is -2.18. The van der Waals surface area contributed by atoms with E-state index in [1.165, 1.54) is 51.0 Å². The van der Waals surface area contributed by atoms with Crippen LogP contribution in [0, 0.1) is 5.82 Å². The first-order valence-electron chi connectivity index (χ1n) is 12.7. The molecule has 1 aromatic carbocycles. The van der Waals surface area contributed by atoms with Gasteiger partial charge in [-0.25, -0.2) is 4.39 Å². The molecule has 5 aromatic heterocycles. The number of halogens is 5. The summed E-state index contributed by atoms with van der Waals surface area (Å²) in [7, 11) is 0. The molecule has 17 heteroatoms. The Hall–Kier alpha value is -5.51. The first-order chi connectivity index (χ1) is 21.1. The number of hydrogen-bond donors (Lipinski definition) is 2. The second kappa shape index (κ2) is 11.3. The second-order valence-electron chi connectivity index (χ2n) is 9.47. The zero-order valence-electron chi connectivity index (χ0n) is 22.2. The maximum Gasteiger partial charge on any atom is 0.433 e. The Morgan fingerprint density at radius 1 is 1.07 bits per heavy atom. The number of carbonyl (C=O) groups excluding carboxylic acids is 1. The van der Waals surface area contributed by atoms with Crippen molar-refractivity contribution in [2.75, 3.05) is 0 Å². The molecule has 0 aliphatic heterocycles. The van der Waals surface area contributed by atoms with E-state index < -0.39 is 29.6 Å². The number of tetrazole rings is 1. The van der Waals surface area contributed by atoms with Gasteiger partial charge >= 0.3 is 6.18 Å². The maximum atomic E-state index is 15.3. The molecule has 44 heavy (non-hydrogen) atoms. The molecule has 0 bridgehead atoms. The van der Waals surface area contributed by atoms with Gasteiger partial charge in [0.25, 0.3) is 12.2 Å². The largest absolute Gasteiger partial charge is 0.433 e. The standard InChI is InChI=1S/C27H18ClF4N11O/c28-18-2-4-21(43-14-36-39-40-43)24(25(18)29)16-1-3-19(35-10-16)22(13-41-8-6-20(38-41)26(33)44)42-12-17(11-37-42)15-5-7-34-23(9-15)27(30,31)32/h1-12,14,22H,13H2,(H2,33,44)/p+1/t22-/m1/s1. The van der Waals surface area contributed by atoms with Gasteiger partial charge in [-0.05, 0) is 42.0 Å². The number of nitrogens with two attached hydrogens (primary N) is 1. The molecule has 3 N–H and O–H groups in total. The summed E-state index contributed by atoms with van der Waals surface area (Å²) in [6.45, 7) is 0.108. The summed E-state index contributed by atoms with van der Waals surface area (Å²) in [4.78, 5) is 19.6. The second-order valence-corrected chi connectivity index (χ2v) is 9.87. The van der Waals surface area contributed by atoms with Gasteiger partial charge < -0.3 is 5.73 Å². The number of pyridine rings is 2. The first kappa shape index (κ1) is 28.6. The summed E-state index contributed by atoms with van der Waals surface area (Å²) in [6, 6.07) is 9.44. The van der Waals surface area contributed by atoms with Crippen molar-refractivity contribution in [3.05, 3.63) is 108 Å². The SMILES string of the molecule is NC(=O)c1ccn(C[C@H](c2ccc(-c3c(-[n+]4cnn[nH]4)ccc(Cl)c3F)cn2)n2cc(-c3ccnc(C(F)(F)F)c3)cn2)n1. The number of nitrogens with zero attached hydrogens (tertiary/aromatic N) is 9. The van der Waals surface area contributed by atoms with Crippen molar-refractivity contribution < 1.29 is 27.0 Å². The lowest BCUT2D eigenvalue weighted by atomic mass is 10.0. The predicted molar refractivity (Wildman–Crippen MR) is 145 cm³/mol. The van der Waals surface area contributed by atoms with Gasteiger partial charge in [0.2, 0.25) is 0 Å². The fraction of sp³-hybridized carbons (Fsp3) is 0.111. The molecular weight excluding hydrogens is 606 g/mol. The number of alkyl halides is 3. The summed E-state index contributed by atoms with van der Waals surface area (Å²) >= 11 is 6.09. The van der Waals surface area contributed by atoms with Crippen LogP contribution in [-0.2, 0) is 12.7 Å². The quantitative estimate of drug-likeness (QED) is 0.193. The molecule has 222 valence electrons. The lowest BCUT2D eigenvalue weighted by molar-refractivity contribution is -0.659. The Bertz CT molecular complexity index is 1950. The number of aromatic nitrogens is 10. The van der Waals surface area contributed by atoms with Gasteiger partial charge in [0.05, 0.1) is 29.0 Å². The summed E-state index contributed by atoms with van der Waals surface area (Å²) in [5.74, 6) is -1.40. The summed E-state index contributed by atoms with van der Waals surface area (Å²) < 4.78 is 59.5. The molecule has 0 aliphatic rings. The van der Waals surface area contributed by atoms with Gasteiger partial charge in [0.1, 0.15) is 28.2 Å². The fourth-order valence-electron chi connectivity index (χ4n) is 4.57. The van der Waals surface area contributed by atoms with Crippen LogP contribution in [0.4, 0.5) is 17.6 Å². The van der Waals surface area contributed by atoms with Gasteiger partial charge in [-0.1, -0.05) is 22.9 Å². The minimum Gasteiger partial charge on any atom is -0.364 e. The van der Waals surface area contributed by atoms with Crippen LogP contribution in [0.25, 0.3) is 27.9 Å². The van der Waals surface area contributed by atoms with Crippen LogP contribution >= 0.6 is 11.6 Å². The minimum atomic E-state index is -4.62. The van der Waals surface area contributed by atoms with Gasteiger partial charge in [0.15, 0.2) is 11.0 Å². The molecule has 0 saturated carbocycles. The third-order valence-corrected chi connectivity index (χ3v) is 6.98. The highest BCUT2D eigenvalue weighted by Crippen LogP contribution is 2.33. The van der Waals surface area contributed by atoms with E-state index in [9.17, 15) is 18.0 Å². The normalized spacial score (nSPS) is 12.4. The van der Waals surface area contributed by atoms with Crippen LogP contribution in [0.2, 0.25) is 5.02 Å². The number of rotatable bonds is 8. The van der Waals surface area contributed by atoms with Crippen molar-refractivity contribution >= 4 is 17.5 Å². The van der Waals surface area contributed by atoms with Gasteiger partial charge in [-0.2, -0.15) is 23.4 Å². The van der Waals surface area contributed by atoms with Gasteiger partial charge in [0, 0.05) is 35.9 Å². The minimum absolute atomic E-state index is 0.0411. The summed E-state index contributed by atoms with van der Waals surface area (Å²) in [5.41, 5.74) is 6.36. The molecular formula is C27H19ClF4N11O+. The maximum absolute atomic E-state index is 15.3. The summed E-state index contributed by atoms with van der Waals surface area (Å²) in [5, 5.41) is 18.5. The van der Waals surface area contributed by atoms with Crippen LogP contribution in [0.5, 0.6) is 0 Å². The highest BCUT2D eigenvalue weighted by molar-refractivity contribution is 6.31. The number of benzene rings is 1. The van der Waals surface area contributed by atoms with E-state index in [2.05, 4.69) is 35.7 Å². The molecule has 0 spiro atoms. The van der Waals surface area contributed by atoms with E-state index in [-0.39, 0.29) is 28.4 Å². The third-order valence-electron chi connectivity index (χ3n) is 6.68. The third kappa shape index (κ3) is 5.61. The molecule has 1 atom stereocenters. The molecule has 6 aromatic rings. The Morgan fingerprint density at radius 2 is 1.91 bits per heavy atom. The van der Waals surface area contributed by atoms with E-state index >= 15 is 4.39 Å². The smallest absolute Gasteiger partial charge is 0.364 e. The van der Waals surface area contributed by atoms with Crippen molar-refractivity contribution in [3.8, 4) is 27.9 Å². The van der Waals surface area contributed by atoms with Crippen LogP contribution in [0.3, 0.4) is 0 Å². The number of nitrogens with one attached hydrogen (secondary N) is 1. The lowest BCUT2D eigenvalue weighted by Crippen LogP contribution is -2.33. The van der Waals surface area contributed by atoms with E-state index in [0.29, 0.717) is 22.5 Å². The van der Waals surface area contributed by atoms with Gasteiger partial charge in [-0.3, -0.25) is 24.1 Å². The van der Waals surface area contributed by atoms with E-state index in [1.54, 1.807) is 30.6 Å². The molecule has 0 aliphatic carbocycles. The van der Waals surface area contributed by atoms with Crippen LogP contribution in [0.1, 0.15) is 27.9 Å². The Kier molecular flexibility index (Phi) is 7.34. The molecule has 12 nitrogen and oxygen atoms in total. The number of hydrogen-bond acceptors (Lipinski definition) is 7. The zero-order valence-corrected chi connectivity index (χ0v) is 22.9. The molecule has 0 fully saturated rings. The van der Waals surface area contributed by atoms with E-state index in [1.807, 2.05) is 0 Å². The van der Waals surface area contributed by atoms with Crippen LogP contribution in [-0.4, -0.2) is 51.0 Å².